The van der Waals surface area contributed by atoms with Crippen LogP contribution in [0.3, 0.4) is 0 Å². The summed E-state index contributed by atoms with van der Waals surface area (Å²) in [6, 6.07) is 15.7. The number of aromatic nitrogens is 2. The molecular formula is C20H20N2O2S. The van der Waals surface area contributed by atoms with Crippen LogP contribution < -0.4 is 0 Å². The summed E-state index contributed by atoms with van der Waals surface area (Å²) in [6.45, 7) is 4.17. The van der Waals surface area contributed by atoms with Crippen LogP contribution in [0.25, 0.3) is 11.5 Å². The minimum Gasteiger partial charge on any atom is -0.411 e. The van der Waals surface area contributed by atoms with Crippen LogP contribution in [-0.4, -0.2) is 21.7 Å². The summed E-state index contributed by atoms with van der Waals surface area (Å²) in [5, 5.41) is 8.47. The lowest BCUT2D eigenvalue weighted by Crippen LogP contribution is -2.02. The Morgan fingerprint density at radius 1 is 1.04 bits per heavy atom. The number of carbonyl (C=O) groups excluding carboxylic acids is 1. The maximum Gasteiger partial charge on any atom is 0.277 e. The van der Waals surface area contributed by atoms with E-state index in [-0.39, 0.29) is 11.5 Å². The van der Waals surface area contributed by atoms with Crippen LogP contribution in [-0.2, 0) is 6.42 Å². The molecule has 0 atom stereocenters. The molecular weight excluding hydrogens is 332 g/mol. The summed E-state index contributed by atoms with van der Waals surface area (Å²) < 4.78 is 5.64. The highest BCUT2D eigenvalue weighted by atomic mass is 32.2. The van der Waals surface area contributed by atoms with Crippen LogP contribution in [0.15, 0.2) is 58.2 Å². The van der Waals surface area contributed by atoms with E-state index >= 15 is 0 Å². The molecule has 128 valence electrons. The van der Waals surface area contributed by atoms with Crippen molar-refractivity contribution in [3.63, 3.8) is 0 Å². The van der Waals surface area contributed by atoms with Crippen molar-refractivity contribution in [1.82, 2.24) is 10.2 Å². The van der Waals surface area contributed by atoms with Crippen molar-refractivity contribution in [2.45, 2.75) is 31.9 Å². The van der Waals surface area contributed by atoms with Gasteiger partial charge in [-0.3, -0.25) is 4.79 Å². The SMILES string of the molecule is CCCc1ccc(C(=O)CSc2nnc(-c3ccc(C)cc3)o2)cc1. The monoisotopic (exact) mass is 352 g/mol. The summed E-state index contributed by atoms with van der Waals surface area (Å²) in [6.07, 6.45) is 2.14. The van der Waals surface area contributed by atoms with Crippen molar-refractivity contribution in [2.75, 3.05) is 5.75 Å². The smallest absolute Gasteiger partial charge is 0.277 e. The molecule has 4 nitrogen and oxygen atoms in total. The normalized spacial score (nSPS) is 10.8. The van der Waals surface area contributed by atoms with E-state index < -0.39 is 0 Å². The fourth-order valence-corrected chi connectivity index (χ4v) is 3.10. The molecule has 2 aromatic carbocycles. The largest absolute Gasteiger partial charge is 0.411 e. The van der Waals surface area contributed by atoms with E-state index in [2.05, 4.69) is 17.1 Å². The molecule has 1 aromatic heterocycles. The van der Waals surface area contributed by atoms with Crippen molar-refractivity contribution >= 4 is 17.5 Å². The Balaban J connectivity index is 1.60. The molecule has 0 aliphatic heterocycles. The summed E-state index contributed by atoms with van der Waals surface area (Å²) >= 11 is 1.27. The number of hydrogen-bond acceptors (Lipinski definition) is 5. The van der Waals surface area contributed by atoms with Gasteiger partial charge in [0.15, 0.2) is 5.78 Å². The molecule has 3 aromatic rings. The van der Waals surface area contributed by atoms with Crippen LogP contribution in [0.5, 0.6) is 0 Å². The lowest BCUT2D eigenvalue weighted by Gasteiger charge is -2.02. The molecule has 1 heterocycles. The van der Waals surface area contributed by atoms with Crippen molar-refractivity contribution in [3.8, 4) is 11.5 Å². The third-order valence-electron chi connectivity index (χ3n) is 3.85. The predicted molar refractivity (Wildman–Crippen MR) is 100.0 cm³/mol. The maximum absolute atomic E-state index is 12.3. The highest BCUT2D eigenvalue weighted by Gasteiger charge is 2.12. The van der Waals surface area contributed by atoms with Gasteiger partial charge in [-0.05, 0) is 31.0 Å². The summed E-state index contributed by atoms with van der Waals surface area (Å²) in [5.41, 5.74) is 4.02. The Kier molecular flexibility index (Phi) is 5.66. The number of aryl methyl sites for hydroxylation is 2. The van der Waals surface area contributed by atoms with Crippen molar-refractivity contribution in [1.29, 1.82) is 0 Å². The van der Waals surface area contributed by atoms with Crippen LogP contribution in [0.1, 0.15) is 34.8 Å². The number of benzene rings is 2. The van der Waals surface area contributed by atoms with Gasteiger partial charge >= 0.3 is 0 Å². The third kappa shape index (κ3) is 4.57. The van der Waals surface area contributed by atoms with Crippen molar-refractivity contribution < 1.29 is 9.21 Å². The molecule has 0 spiro atoms. The van der Waals surface area contributed by atoms with Gasteiger partial charge in [0.1, 0.15) is 0 Å². The predicted octanol–water partition coefficient (Wildman–Crippen LogP) is 4.97. The first kappa shape index (κ1) is 17.4. The van der Waals surface area contributed by atoms with Gasteiger partial charge in [-0.1, -0.05) is 67.1 Å². The fraction of sp³-hybridized carbons (Fsp3) is 0.250. The summed E-state index contributed by atoms with van der Waals surface area (Å²) in [5.74, 6) is 0.810. The van der Waals surface area contributed by atoms with E-state index in [4.69, 9.17) is 4.42 Å². The number of hydrogen-bond donors (Lipinski definition) is 0. The first-order valence-corrected chi connectivity index (χ1v) is 9.29. The first-order valence-electron chi connectivity index (χ1n) is 8.31. The minimum absolute atomic E-state index is 0.0585. The average molecular weight is 352 g/mol. The number of carbonyl (C=O) groups is 1. The van der Waals surface area contributed by atoms with Gasteiger partial charge in [-0.15, -0.1) is 10.2 Å². The molecule has 0 amide bonds. The van der Waals surface area contributed by atoms with E-state index in [1.165, 1.54) is 22.9 Å². The molecule has 25 heavy (non-hydrogen) atoms. The van der Waals surface area contributed by atoms with Gasteiger partial charge in [-0.2, -0.15) is 0 Å². The number of Topliss-reactive ketones (excluding diaryl/α,β-unsaturated/α-hetero) is 1. The molecule has 0 bridgehead atoms. The topological polar surface area (TPSA) is 56.0 Å². The molecule has 3 rings (SSSR count). The number of thioether (sulfide) groups is 1. The Labute approximate surface area is 151 Å². The fourth-order valence-electron chi connectivity index (χ4n) is 2.44. The standard InChI is InChI=1S/C20H20N2O2S/c1-3-4-15-7-11-16(12-8-15)18(23)13-25-20-22-21-19(24-20)17-9-5-14(2)6-10-17/h5-12H,3-4,13H2,1-2H3. The Hall–Kier alpha value is -2.40. The van der Waals surface area contributed by atoms with Crippen molar-refractivity contribution in [2.24, 2.45) is 0 Å². The molecule has 0 saturated heterocycles. The van der Waals surface area contributed by atoms with Crippen LogP contribution in [0, 0.1) is 6.92 Å². The molecule has 0 N–H and O–H groups in total. The summed E-state index contributed by atoms with van der Waals surface area (Å²) in [7, 11) is 0. The second kappa shape index (κ2) is 8.12. The maximum atomic E-state index is 12.3. The Bertz CT molecular complexity index is 839. The quantitative estimate of drug-likeness (QED) is 0.444. The van der Waals surface area contributed by atoms with Gasteiger partial charge in [0.05, 0.1) is 5.75 Å². The summed E-state index contributed by atoms with van der Waals surface area (Å²) in [4.78, 5) is 12.3. The van der Waals surface area contributed by atoms with Gasteiger partial charge in [0.25, 0.3) is 5.22 Å². The van der Waals surface area contributed by atoms with E-state index in [1.54, 1.807) is 0 Å². The number of ketones is 1. The molecule has 0 aliphatic rings. The van der Waals surface area contributed by atoms with Crippen LogP contribution in [0.2, 0.25) is 0 Å². The minimum atomic E-state index is 0.0585. The van der Waals surface area contributed by atoms with E-state index in [1.807, 2.05) is 55.5 Å². The highest BCUT2D eigenvalue weighted by Crippen LogP contribution is 2.24. The average Bonchev–Trinajstić information content (AvgIpc) is 3.10. The number of rotatable bonds is 7. The second-order valence-electron chi connectivity index (χ2n) is 5.90. The molecule has 5 heteroatoms. The first-order chi connectivity index (χ1) is 12.2. The molecule has 0 radical (unpaired) electrons. The second-order valence-corrected chi connectivity index (χ2v) is 6.82. The van der Waals surface area contributed by atoms with E-state index in [9.17, 15) is 4.79 Å². The van der Waals surface area contributed by atoms with Gasteiger partial charge in [0, 0.05) is 11.1 Å². The molecule has 0 unspecified atom stereocenters. The highest BCUT2D eigenvalue weighted by molar-refractivity contribution is 7.99. The van der Waals surface area contributed by atoms with E-state index in [0.29, 0.717) is 16.7 Å². The van der Waals surface area contributed by atoms with Crippen LogP contribution in [0.4, 0.5) is 0 Å². The lowest BCUT2D eigenvalue weighted by atomic mass is 10.1. The van der Waals surface area contributed by atoms with E-state index in [0.717, 1.165) is 18.4 Å². The molecule has 0 saturated carbocycles. The van der Waals surface area contributed by atoms with Gasteiger partial charge in [-0.25, -0.2) is 0 Å². The Morgan fingerprint density at radius 2 is 1.76 bits per heavy atom. The zero-order valence-corrected chi connectivity index (χ0v) is 15.2. The lowest BCUT2D eigenvalue weighted by molar-refractivity contribution is 0.102. The van der Waals surface area contributed by atoms with Gasteiger partial charge in [0.2, 0.25) is 5.89 Å². The zero-order valence-electron chi connectivity index (χ0n) is 14.4. The molecule has 0 aliphatic carbocycles. The van der Waals surface area contributed by atoms with Gasteiger partial charge < -0.3 is 4.42 Å². The van der Waals surface area contributed by atoms with Crippen molar-refractivity contribution in [3.05, 3.63) is 65.2 Å². The molecule has 0 fully saturated rings. The third-order valence-corrected chi connectivity index (χ3v) is 4.66. The Morgan fingerprint density at radius 3 is 2.44 bits per heavy atom. The number of nitrogens with zero attached hydrogens (tertiary/aromatic N) is 2. The van der Waals surface area contributed by atoms with Crippen LogP contribution >= 0.6 is 11.8 Å². The zero-order chi connectivity index (χ0) is 17.6.